The lowest BCUT2D eigenvalue weighted by Crippen LogP contribution is -2.91. The molecule has 0 radical (unpaired) electrons. The van der Waals surface area contributed by atoms with Crippen LogP contribution in [0.1, 0.15) is 67.6 Å². The highest BCUT2D eigenvalue weighted by molar-refractivity contribution is 5.82. The van der Waals surface area contributed by atoms with Gasteiger partial charge in [-0.15, -0.1) is 0 Å². The summed E-state index contributed by atoms with van der Waals surface area (Å²) in [5.41, 5.74) is 4.02. The summed E-state index contributed by atoms with van der Waals surface area (Å²) < 4.78 is 5.75. The van der Waals surface area contributed by atoms with Crippen LogP contribution in [-0.4, -0.2) is 50.1 Å². The maximum Gasteiger partial charge on any atom is 0.233 e. The van der Waals surface area contributed by atoms with Crippen molar-refractivity contribution < 1.29 is 20.2 Å². The lowest BCUT2D eigenvalue weighted by atomic mass is 9.67. The van der Waals surface area contributed by atoms with Gasteiger partial charge in [0.15, 0.2) is 0 Å². The van der Waals surface area contributed by atoms with Gasteiger partial charge in [-0.25, -0.2) is 0 Å². The van der Waals surface area contributed by atoms with Crippen molar-refractivity contribution >= 4 is 5.91 Å². The number of quaternary nitrogens is 2. The lowest BCUT2D eigenvalue weighted by Gasteiger charge is -2.47. The molecule has 1 amide bonds. The molecule has 2 aromatic rings. The molecule has 1 unspecified atom stereocenters. The van der Waals surface area contributed by atoms with Crippen LogP contribution in [0.25, 0.3) is 0 Å². The molecule has 6 rings (SSSR count). The summed E-state index contributed by atoms with van der Waals surface area (Å²) in [6.45, 7) is 4.73. The molecule has 192 valence electrons. The summed E-state index contributed by atoms with van der Waals surface area (Å²) in [5.74, 6) is 2.67. The van der Waals surface area contributed by atoms with E-state index in [-0.39, 0.29) is 11.3 Å². The van der Waals surface area contributed by atoms with Gasteiger partial charge in [0.1, 0.15) is 23.6 Å². The minimum atomic E-state index is -0.105. The van der Waals surface area contributed by atoms with Crippen LogP contribution in [0, 0.1) is 11.8 Å². The summed E-state index contributed by atoms with van der Waals surface area (Å²) in [6, 6.07) is 17.9. The SMILES string of the molecule is COc1cccc2c1C[NH2+]C[C@]21C[NH2+]CC1C(=O)N1CC[C@@H](c2ccccc2)C[C@H]1C1CCCCC1. The molecule has 0 bridgehead atoms. The van der Waals surface area contributed by atoms with Gasteiger partial charge in [0.25, 0.3) is 0 Å². The third kappa shape index (κ3) is 4.14. The molecular weight excluding hydrogens is 446 g/mol. The van der Waals surface area contributed by atoms with Gasteiger partial charge in [-0.05, 0) is 54.7 Å². The van der Waals surface area contributed by atoms with Crippen molar-refractivity contribution in [2.45, 2.75) is 68.9 Å². The van der Waals surface area contributed by atoms with E-state index in [1.807, 2.05) is 0 Å². The second-order valence-electron chi connectivity index (χ2n) is 11.7. The van der Waals surface area contributed by atoms with E-state index in [1.54, 1.807) is 7.11 Å². The van der Waals surface area contributed by atoms with Gasteiger partial charge in [0.05, 0.1) is 32.3 Å². The number of piperidine rings is 1. The third-order valence-corrected chi connectivity index (χ3v) is 10.0. The van der Waals surface area contributed by atoms with Gasteiger partial charge >= 0.3 is 0 Å². The Morgan fingerprint density at radius 3 is 2.58 bits per heavy atom. The molecule has 3 heterocycles. The second kappa shape index (κ2) is 10.2. The molecule has 4 atom stereocenters. The molecule has 2 saturated heterocycles. The average molecular weight is 490 g/mol. The number of benzene rings is 2. The number of amides is 1. The molecule has 4 N–H and O–H groups in total. The smallest absolute Gasteiger partial charge is 0.233 e. The van der Waals surface area contributed by atoms with Crippen molar-refractivity contribution in [3.8, 4) is 5.75 Å². The van der Waals surface area contributed by atoms with Crippen LogP contribution in [0.4, 0.5) is 0 Å². The molecule has 1 saturated carbocycles. The molecule has 5 nitrogen and oxygen atoms in total. The number of carbonyl (C=O) groups excluding carboxylic acids is 1. The van der Waals surface area contributed by atoms with E-state index in [2.05, 4.69) is 64.1 Å². The van der Waals surface area contributed by atoms with Gasteiger partial charge in [-0.2, -0.15) is 0 Å². The number of fused-ring (bicyclic) bond motifs is 2. The minimum Gasteiger partial charge on any atom is -0.496 e. The first-order valence-corrected chi connectivity index (χ1v) is 14.4. The van der Waals surface area contributed by atoms with Crippen molar-refractivity contribution in [3.05, 3.63) is 65.2 Å². The maximum absolute atomic E-state index is 14.6. The Labute approximate surface area is 216 Å². The van der Waals surface area contributed by atoms with Crippen LogP contribution in [0.3, 0.4) is 0 Å². The minimum absolute atomic E-state index is 0.0410. The highest BCUT2D eigenvalue weighted by Crippen LogP contribution is 2.43. The Morgan fingerprint density at radius 2 is 1.78 bits per heavy atom. The van der Waals surface area contributed by atoms with E-state index in [9.17, 15) is 4.79 Å². The number of rotatable bonds is 4. The second-order valence-corrected chi connectivity index (χ2v) is 11.7. The Hall–Kier alpha value is -2.37. The first-order chi connectivity index (χ1) is 17.7. The summed E-state index contributed by atoms with van der Waals surface area (Å²) >= 11 is 0. The molecule has 36 heavy (non-hydrogen) atoms. The van der Waals surface area contributed by atoms with Crippen molar-refractivity contribution in [2.24, 2.45) is 11.8 Å². The summed E-state index contributed by atoms with van der Waals surface area (Å²) in [6.07, 6.45) is 8.77. The zero-order chi connectivity index (χ0) is 24.5. The zero-order valence-corrected chi connectivity index (χ0v) is 21.8. The van der Waals surface area contributed by atoms with E-state index in [0.29, 0.717) is 23.8 Å². The molecule has 1 spiro atoms. The molecule has 2 aromatic carbocycles. The summed E-state index contributed by atoms with van der Waals surface area (Å²) in [4.78, 5) is 17.0. The van der Waals surface area contributed by atoms with Crippen LogP contribution in [0.5, 0.6) is 5.75 Å². The Kier molecular flexibility index (Phi) is 6.78. The monoisotopic (exact) mass is 489 g/mol. The number of hydrogen-bond acceptors (Lipinski definition) is 2. The van der Waals surface area contributed by atoms with E-state index in [0.717, 1.165) is 51.3 Å². The average Bonchev–Trinajstić information content (AvgIpc) is 3.37. The highest BCUT2D eigenvalue weighted by Gasteiger charge is 2.57. The maximum atomic E-state index is 14.6. The van der Waals surface area contributed by atoms with Gasteiger partial charge < -0.3 is 20.3 Å². The Bertz CT molecular complexity index is 1070. The molecule has 3 aliphatic heterocycles. The predicted octanol–water partition coefficient (Wildman–Crippen LogP) is 2.56. The molecule has 5 heteroatoms. The number of likely N-dealkylation sites (tertiary alicyclic amines) is 1. The van der Waals surface area contributed by atoms with Gasteiger partial charge in [-0.1, -0.05) is 61.7 Å². The van der Waals surface area contributed by atoms with E-state index < -0.39 is 0 Å². The fraction of sp³-hybridized carbons (Fsp3) is 0.581. The van der Waals surface area contributed by atoms with Crippen LogP contribution < -0.4 is 15.4 Å². The molecule has 3 fully saturated rings. The number of nitrogens with zero attached hydrogens (tertiary/aromatic N) is 1. The predicted molar refractivity (Wildman–Crippen MR) is 141 cm³/mol. The number of nitrogens with two attached hydrogens (primary N) is 2. The first kappa shape index (κ1) is 24.0. The van der Waals surface area contributed by atoms with E-state index in [1.165, 1.54) is 48.8 Å². The quantitative estimate of drug-likeness (QED) is 0.694. The van der Waals surface area contributed by atoms with Gasteiger partial charge in [0, 0.05) is 12.6 Å². The summed E-state index contributed by atoms with van der Waals surface area (Å²) in [7, 11) is 1.77. The number of ether oxygens (including phenoxy) is 1. The Morgan fingerprint density at radius 1 is 0.972 bits per heavy atom. The zero-order valence-electron chi connectivity index (χ0n) is 21.8. The normalized spacial score (nSPS) is 30.8. The van der Waals surface area contributed by atoms with Crippen molar-refractivity contribution in [3.63, 3.8) is 0 Å². The lowest BCUT2D eigenvalue weighted by molar-refractivity contribution is -0.691. The van der Waals surface area contributed by atoms with Crippen LogP contribution >= 0.6 is 0 Å². The highest BCUT2D eigenvalue weighted by atomic mass is 16.5. The van der Waals surface area contributed by atoms with Crippen LogP contribution in [0.2, 0.25) is 0 Å². The van der Waals surface area contributed by atoms with Gasteiger partial charge in [-0.3, -0.25) is 4.79 Å². The van der Waals surface area contributed by atoms with Crippen LogP contribution in [-0.2, 0) is 16.8 Å². The van der Waals surface area contributed by atoms with Crippen molar-refractivity contribution in [2.75, 3.05) is 33.3 Å². The van der Waals surface area contributed by atoms with E-state index >= 15 is 0 Å². The largest absolute Gasteiger partial charge is 0.496 e. The first-order valence-electron chi connectivity index (χ1n) is 14.4. The molecule has 1 aliphatic carbocycles. The third-order valence-electron chi connectivity index (χ3n) is 10.0. The summed E-state index contributed by atoms with van der Waals surface area (Å²) in [5, 5.41) is 4.81. The van der Waals surface area contributed by atoms with Crippen molar-refractivity contribution in [1.82, 2.24) is 4.90 Å². The standard InChI is InChI=1S/C31H41N3O2/c1-36-29-14-8-13-26-25(29)18-32-20-31(26)21-33-19-27(31)30(35)34-16-15-24(22-9-4-2-5-10-22)17-28(34)23-11-6-3-7-12-23/h2,4-5,8-10,13-14,23-24,27-28,32-33H,3,6-7,11-12,15-21H2,1H3/p+2/t24-,27?,28+,31+/m1/s1. The number of hydrogen-bond donors (Lipinski definition) is 2. The molecule has 4 aliphatic rings. The molecular formula is C31H43N3O2+2. The van der Waals surface area contributed by atoms with Crippen LogP contribution in [0.15, 0.2) is 48.5 Å². The fourth-order valence-electron chi connectivity index (χ4n) is 8.22. The Balaban J connectivity index is 1.31. The topological polar surface area (TPSA) is 62.8 Å². The molecule has 0 aromatic heterocycles. The fourth-order valence-corrected chi connectivity index (χ4v) is 8.22. The van der Waals surface area contributed by atoms with E-state index in [4.69, 9.17) is 4.74 Å². The number of methoxy groups -OCH3 is 1. The van der Waals surface area contributed by atoms with Crippen molar-refractivity contribution in [1.29, 1.82) is 0 Å². The number of carbonyl (C=O) groups is 1. The van der Waals surface area contributed by atoms with Gasteiger partial charge in [0.2, 0.25) is 5.91 Å².